The Hall–Kier alpha value is -2.76. The summed E-state index contributed by atoms with van der Waals surface area (Å²) in [6.45, 7) is 0.451. The first-order valence-corrected chi connectivity index (χ1v) is 5.80. The van der Waals surface area contributed by atoms with E-state index in [4.69, 9.17) is 0 Å². The lowest BCUT2D eigenvalue weighted by Gasteiger charge is -2.06. The summed E-state index contributed by atoms with van der Waals surface area (Å²) in [6.07, 6.45) is 6.60. The molecule has 3 rings (SSSR count). The van der Waals surface area contributed by atoms with Crippen LogP contribution < -0.4 is 5.32 Å². The normalized spacial score (nSPS) is 10.5. The number of pyridine rings is 1. The fraction of sp³-hybridized carbons (Fsp3) is 0.0769. The fourth-order valence-electron chi connectivity index (χ4n) is 1.78. The van der Waals surface area contributed by atoms with E-state index in [1.54, 1.807) is 36.9 Å². The molecule has 0 atom stereocenters. The zero-order chi connectivity index (χ0) is 13.1. The summed E-state index contributed by atoms with van der Waals surface area (Å²) in [4.78, 5) is 20.2. The van der Waals surface area contributed by atoms with Crippen molar-refractivity contribution in [3.05, 3.63) is 60.3 Å². The van der Waals surface area contributed by atoms with E-state index < -0.39 is 0 Å². The average Bonchev–Trinajstić information content (AvgIpc) is 2.94. The third-order valence-corrected chi connectivity index (χ3v) is 2.73. The van der Waals surface area contributed by atoms with E-state index >= 15 is 0 Å². The molecule has 0 saturated carbocycles. The molecule has 0 unspecified atom stereocenters. The zero-order valence-corrected chi connectivity index (χ0v) is 10.0. The topological polar surface area (TPSA) is 72.2 Å². The molecule has 0 aliphatic rings. The maximum atomic E-state index is 12.1. The number of nitrogens with one attached hydrogen (secondary N) is 1. The van der Waals surface area contributed by atoms with Crippen LogP contribution in [0.1, 0.15) is 16.1 Å². The number of carbonyl (C=O) groups excluding carboxylic acids is 1. The van der Waals surface area contributed by atoms with Crippen molar-refractivity contribution in [1.29, 1.82) is 0 Å². The highest BCUT2D eigenvalue weighted by molar-refractivity contribution is 5.92. The highest BCUT2D eigenvalue weighted by Gasteiger charge is 2.10. The monoisotopic (exact) mass is 253 g/mol. The molecule has 0 spiro atoms. The number of nitrogens with zero attached hydrogens (tertiary/aromatic N) is 4. The molecule has 1 amide bonds. The predicted molar refractivity (Wildman–Crippen MR) is 68.4 cm³/mol. The van der Waals surface area contributed by atoms with Gasteiger partial charge in [-0.05, 0) is 23.8 Å². The molecule has 1 N–H and O–H groups in total. The van der Waals surface area contributed by atoms with E-state index in [0.717, 1.165) is 5.56 Å². The third kappa shape index (κ3) is 2.28. The molecule has 0 bridgehead atoms. The summed E-state index contributed by atoms with van der Waals surface area (Å²) in [5.74, 6) is -0.187. The Balaban J connectivity index is 1.79. The van der Waals surface area contributed by atoms with Gasteiger partial charge >= 0.3 is 0 Å². The molecule has 3 aromatic rings. The molecule has 0 saturated heterocycles. The molecule has 6 nitrogen and oxygen atoms in total. The van der Waals surface area contributed by atoms with Crippen LogP contribution in [0.3, 0.4) is 0 Å². The van der Waals surface area contributed by atoms with E-state index in [0.29, 0.717) is 17.9 Å². The van der Waals surface area contributed by atoms with Crippen molar-refractivity contribution in [1.82, 2.24) is 24.9 Å². The van der Waals surface area contributed by atoms with Gasteiger partial charge in [0, 0.05) is 31.2 Å². The number of rotatable bonds is 3. The van der Waals surface area contributed by atoms with Gasteiger partial charge in [0.1, 0.15) is 5.69 Å². The zero-order valence-electron chi connectivity index (χ0n) is 10.0. The van der Waals surface area contributed by atoms with Gasteiger partial charge in [0.05, 0.1) is 6.20 Å². The van der Waals surface area contributed by atoms with E-state index in [-0.39, 0.29) is 5.91 Å². The lowest BCUT2D eigenvalue weighted by atomic mass is 10.2. The maximum absolute atomic E-state index is 12.1. The quantitative estimate of drug-likeness (QED) is 0.757. The van der Waals surface area contributed by atoms with Crippen molar-refractivity contribution in [3.63, 3.8) is 0 Å². The van der Waals surface area contributed by atoms with Gasteiger partial charge in [0.15, 0.2) is 5.65 Å². The van der Waals surface area contributed by atoms with Gasteiger partial charge in [0.25, 0.3) is 5.91 Å². The average molecular weight is 253 g/mol. The lowest BCUT2D eigenvalue weighted by molar-refractivity contribution is 0.0943. The summed E-state index contributed by atoms with van der Waals surface area (Å²) < 4.78 is 1.52. The van der Waals surface area contributed by atoms with Crippen molar-refractivity contribution in [3.8, 4) is 0 Å². The molecule has 3 heterocycles. The van der Waals surface area contributed by atoms with Crippen molar-refractivity contribution < 1.29 is 4.79 Å². The van der Waals surface area contributed by atoms with Crippen molar-refractivity contribution in [2.45, 2.75) is 6.54 Å². The van der Waals surface area contributed by atoms with E-state index in [1.807, 2.05) is 12.1 Å². The second-order valence-corrected chi connectivity index (χ2v) is 3.97. The Morgan fingerprint density at radius 2 is 1.95 bits per heavy atom. The van der Waals surface area contributed by atoms with Gasteiger partial charge in [-0.3, -0.25) is 9.78 Å². The Morgan fingerprint density at radius 3 is 2.79 bits per heavy atom. The van der Waals surface area contributed by atoms with E-state index in [1.165, 1.54) is 4.52 Å². The number of hydrogen-bond donors (Lipinski definition) is 1. The molecule has 0 aromatic carbocycles. The molecule has 19 heavy (non-hydrogen) atoms. The van der Waals surface area contributed by atoms with E-state index in [2.05, 4.69) is 20.4 Å². The van der Waals surface area contributed by atoms with Gasteiger partial charge < -0.3 is 5.32 Å². The van der Waals surface area contributed by atoms with Crippen LogP contribution in [0, 0.1) is 0 Å². The molecule has 0 aliphatic carbocycles. The second-order valence-electron chi connectivity index (χ2n) is 3.97. The fourth-order valence-corrected chi connectivity index (χ4v) is 1.78. The van der Waals surface area contributed by atoms with Gasteiger partial charge in [-0.2, -0.15) is 5.10 Å². The number of hydrogen-bond acceptors (Lipinski definition) is 4. The van der Waals surface area contributed by atoms with Crippen LogP contribution in [0.25, 0.3) is 5.65 Å². The first-order chi connectivity index (χ1) is 9.34. The van der Waals surface area contributed by atoms with Crippen LogP contribution in [0.5, 0.6) is 0 Å². The van der Waals surface area contributed by atoms with Crippen molar-refractivity contribution in [2.24, 2.45) is 0 Å². The Kier molecular flexibility index (Phi) is 2.89. The number of carbonyl (C=O) groups is 1. The smallest absolute Gasteiger partial charge is 0.270 e. The predicted octanol–water partition coefficient (Wildman–Crippen LogP) is 1.05. The van der Waals surface area contributed by atoms with Crippen molar-refractivity contribution in [2.75, 3.05) is 0 Å². The number of aromatic nitrogens is 4. The van der Waals surface area contributed by atoms with Crippen LogP contribution >= 0.6 is 0 Å². The van der Waals surface area contributed by atoms with Gasteiger partial charge in [-0.1, -0.05) is 0 Å². The first kappa shape index (κ1) is 11.3. The second kappa shape index (κ2) is 4.85. The largest absolute Gasteiger partial charge is 0.347 e. The molecule has 0 fully saturated rings. The Bertz CT molecular complexity index is 707. The van der Waals surface area contributed by atoms with Crippen molar-refractivity contribution >= 4 is 11.6 Å². The number of fused-ring (bicyclic) bond motifs is 1. The molecule has 0 aliphatic heterocycles. The summed E-state index contributed by atoms with van der Waals surface area (Å²) in [5.41, 5.74) is 2.11. The summed E-state index contributed by atoms with van der Waals surface area (Å²) in [5, 5.41) is 6.92. The van der Waals surface area contributed by atoms with Crippen LogP contribution in [0.2, 0.25) is 0 Å². The Morgan fingerprint density at radius 1 is 1.11 bits per heavy atom. The minimum atomic E-state index is -0.187. The third-order valence-electron chi connectivity index (χ3n) is 2.73. The molecule has 0 radical (unpaired) electrons. The van der Waals surface area contributed by atoms with Crippen LogP contribution in [-0.2, 0) is 6.54 Å². The summed E-state index contributed by atoms with van der Waals surface area (Å²) >= 11 is 0. The maximum Gasteiger partial charge on any atom is 0.270 e. The first-order valence-electron chi connectivity index (χ1n) is 5.80. The van der Waals surface area contributed by atoms with Crippen LogP contribution in [0.15, 0.2) is 49.1 Å². The number of amides is 1. The Labute approximate surface area is 109 Å². The van der Waals surface area contributed by atoms with Crippen LogP contribution in [-0.4, -0.2) is 25.5 Å². The minimum Gasteiger partial charge on any atom is -0.347 e. The highest BCUT2D eigenvalue weighted by atomic mass is 16.1. The molecule has 3 aromatic heterocycles. The van der Waals surface area contributed by atoms with Gasteiger partial charge in [-0.25, -0.2) is 9.50 Å². The van der Waals surface area contributed by atoms with Crippen LogP contribution in [0.4, 0.5) is 0 Å². The highest BCUT2D eigenvalue weighted by Crippen LogP contribution is 2.03. The minimum absolute atomic E-state index is 0.187. The standard InChI is InChI=1S/C13H11N5O/c19-13(16-9-10-1-5-14-6-2-10)11-3-7-15-12-4-8-17-18(11)12/h1-8H,9H2,(H,16,19). The van der Waals surface area contributed by atoms with Gasteiger partial charge in [-0.15, -0.1) is 0 Å². The molecular formula is C13H11N5O. The summed E-state index contributed by atoms with van der Waals surface area (Å²) in [7, 11) is 0. The molecular weight excluding hydrogens is 242 g/mol. The lowest BCUT2D eigenvalue weighted by Crippen LogP contribution is -2.25. The molecule has 6 heteroatoms. The summed E-state index contributed by atoms with van der Waals surface area (Å²) in [6, 6.07) is 7.11. The SMILES string of the molecule is O=C(NCc1ccncc1)c1ccnc2ccnn12. The molecule has 94 valence electrons. The van der Waals surface area contributed by atoms with E-state index in [9.17, 15) is 4.79 Å². The van der Waals surface area contributed by atoms with Gasteiger partial charge in [0.2, 0.25) is 0 Å².